The van der Waals surface area contributed by atoms with Crippen molar-refractivity contribution in [3.63, 3.8) is 0 Å². The van der Waals surface area contributed by atoms with Crippen LogP contribution in [0.2, 0.25) is 5.02 Å². The maximum Gasteiger partial charge on any atom is 0.416 e. The molecule has 2 aromatic rings. The first kappa shape index (κ1) is 17.5. The van der Waals surface area contributed by atoms with Gasteiger partial charge in [-0.1, -0.05) is 11.6 Å². The third-order valence-electron chi connectivity index (χ3n) is 3.54. The van der Waals surface area contributed by atoms with Gasteiger partial charge in [-0.05, 0) is 38.0 Å². The molecule has 5 nitrogen and oxygen atoms in total. The number of amides is 1. The highest BCUT2D eigenvalue weighted by Crippen LogP contribution is 2.34. The number of halogens is 4. The minimum Gasteiger partial charge on any atom is -0.367 e. The Balaban J connectivity index is 1.83. The topological polar surface area (TPSA) is 66.9 Å². The number of aromatic nitrogens is 2. The molecule has 1 aliphatic rings. The van der Waals surface area contributed by atoms with Gasteiger partial charge in [-0.15, -0.1) is 0 Å². The number of anilines is 2. The Morgan fingerprint density at radius 3 is 2.60 bits per heavy atom. The van der Waals surface area contributed by atoms with E-state index in [2.05, 4.69) is 20.6 Å². The van der Waals surface area contributed by atoms with E-state index >= 15 is 0 Å². The van der Waals surface area contributed by atoms with Crippen LogP contribution < -0.4 is 10.6 Å². The second-order valence-corrected chi connectivity index (χ2v) is 6.16. The molecule has 0 aliphatic heterocycles. The van der Waals surface area contributed by atoms with Gasteiger partial charge < -0.3 is 10.6 Å². The molecular formula is C16H14ClF3N4O. The number of nitrogens with zero attached hydrogens (tertiary/aromatic N) is 2. The van der Waals surface area contributed by atoms with Gasteiger partial charge in [0.1, 0.15) is 17.3 Å². The monoisotopic (exact) mass is 370 g/mol. The summed E-state index contributed by atoms with van der Waals surface area (Å²) in [6, 6.07) is 4.53. The van der Waals surface area contributed by atoms with Crippen LogP contribution in [0.25, 0.3) is 0 Å². The van der Waals surface area contributed by atoms with Crippen molar-refractivity contribution in [2.75, 3.05) is 10.6 Å². The van der Waals surface area contributed by atoms with E-state index in [9.17, 15) is 18.0 Å². The standard InChI is InChI=1S/C16H14ClF3N4O/c1-8-21-13(7-14(22-8)23-10-3-4-10)15(25)24-12-6-9(16(18,19)20)2-5-11(12)17/h2,5-7,10H,3-4H2,1H3,(H,24,25)(H,21,22,23). The number of hydrogen-bond acceptors (Lipinski definition) is 4. The van der Waals surface area contributed by atoms with Crippen LogP contribution in [0.1, 0.15) is 34.7 Å². The second-order valence-electron chi connectivity index (χ2n) is 5.75. The number of hydrogen-bond donors (Lipinski definition) is 2. The summed E-state index contributed by atoms with van der Waals surface area (Å²) in [6.45, 7) is 1.63. The zero-order valence-corrected chi connectivity index (χ0v) is 13.9. The van der Waals surface area contributed by atoms with Crippen molar-refractivity contribution in [2.45, 2.75) is 32.0 Å². The molecule has 1 fully saturated rings. The lowest BCUT2D eigenvalue weighted by molar-refractivity contribution is -0.137. The van der Waals surface area contributed by atoms with E-state index in [0.29, 0.717) is 17.7 Å². The van der Waals surface area contributed by atoms with Crippen LogP contribution >= 0.6 is 11.6 Å². The zero-order valence-electron chi connectivity index (χ0n) is 13.1. The lowest BCUT2D eigenvalue weighted by atomic mass is 10.2. The molecule has 1 saturated carbocycles. The minimum atomic E-state index is -4.53. The maximum absolute atomic E-state index is 12.8. The first-order valence-electron chi connectivity index (χ1n) is 7.53. The van der Waals surface area contributed by atoms with Crippen molar-refractivity contribution >= 4 is 29.0 Å². The molecule has 1 amide bonds. The quantitative estimate of drug-likeness (QED) is 0.842. The fourth-order valence-electron chi connectivity index (χ4n) is 2.18. The lowest BCUT2D eigenvalue weighted by Crippen LogP contribution is -2.17. The Kier molecular flexibility index (Phi) is 4.55. The number of carbonyl (C=O) groups excluding carboxylic acids is 1. The smallest absolute Gasteiger partial charge is 0.367 e. The third-order valence-corrected chi connectivity index (χ3v) is 3.87. The van der Waals surface area contributed by atoms with Crippen LogP contribution in [-0.2, 0) is 6.18 Å². The summed E-state index contributed by atoms with van der Waals surface area (Å²) in [7, 11) is 0. The average molecular weight is 371 g/mol. The van der Waals surface area contributed by atoms with Crippen LogP contribution in [0.4, 0.5) is 24.7 Å². The maximum atomic E-state index is 12.8. The molecule has 1 heterocycles. The summed E-state index contributed by atoms with van der Waals surface area (Å²) in [5.74, 6) is 0.229. The molecule has 2 N–H and O–H groups in total. The molecule has 0 radical (unpaired) electrons. The van der Waals surface area contributed by atoms with Crippen LogP contribution in [0.15, 0.2) is 24.3 Å². The Morgan fingerprint density at radius 1 is 1.24 bits per heavy atom. The SMILES string of the molecule is Cc1nc(NC2CC2)cc(C(=O)Nc2cc(C(F)(F)F)ccc2Cl)n1. The number of alkyl halides is 3. The Hall–Kier alpha value is -2.35. The van der Waals surface area contributed by atoms with Gasteiger partial charge in [0.25, 0.3) is 5.91 Å². The van der Waals surface area contributed by atoms with Gasteiger partial charge in [-0.3, -0.25) is 4.79 Å². The van der Waals surface area contributed by atoms with Crippen molar-refractivity contribution in [1.82, 2.24) is 9.97 Å². The van der Waals surface area contributed by atoms with Crippen molar-refractivity contribution in [1.29, 1.82) is 0 Å². The predicted octanol–water partition coefficient (Wildman–Crippen LogP) is 4.28. The highest BCUT2D eigenvalue weighted by molar-refractivity contribution is 6.33. The number of aryl methyl sites for hydroxylation is 1. The van der Waals surface area contributed by atoms with Gasteiger partial charge in [0.15, 0.2) is 0 Å². The van der Waals surface area contributed by atoms with Crippen LogP contribution in [0, 0.1) is 6.92 Å². The van der Waals surface area contributed by atoms with Crippen molar-refractivity contribution in [2.24, 2.45) is 0 Å². The van der Waals surface area contributed by atoms with Gasteiger partial charge in [-0.2, -0.15) is 13.2 Å². The number of rotatable bonds is 4. The van der Waals surface area contributed by atoms with Gasteiger partial charge in [0.2, 0.25) is 0 Å². The van der Waals surface area contributed by atoms with Crippen LogP contribution in [0.3, 0.4) is 0 Å². The number of carbonyl (C=O) groups is 1. The van der Waals surface area contributed by atoms with Gasteiger partial charge >= 0.3 is 6.18 Å². The Morgan fingerprint density at radius 2 is 1.96 bits per heavy atom. The number of benzene rings is 1. The minimum absolute atomic E-state index is 0.00320. The molecule has 0 spiro atoms. The van der Waals surface area contributed by atoms with E-state index in [0.717, 1.165) is 31.0 Å². The summed E-state index contributed by atoms with van der Waals surface area (Å²) in [5.41, 5.74) is -0.985. The fourth-order valence-corrected chi connectivity index (χ4v) is 2.34. The van der Waals surface area contributed by atoms with E-state index < -0.39 is 17.6 Å². The van der Waals surface area contributed by atoms with E-state index in [1.54, 1.807) is 6.92 Å². The molecule has 132 valence electrons. The molecule has 0 bridgehead atoms. The Bertz CT molecular complexity index is 822. The summed E-state index contributed by atoms with van der Waals surface area (Å²) in [4.78, 5) is 20.6. The molecular weight excluding hydrogens is 357 g/mol. The molecule has 1 aliphatic carbocycles. The second kappa shape index (κ2) is 6.51. The van der Waals surface area contributed by atoms with E-state index in [1.807, 2.05) is 0 Å². The first-order chi connectivity index (χ1) is 11.7. The molecule has 25 heavy (non-hydrogen) atoms. The normalized spacial score (nSPS) is 14.3. The van der Waals surface area contributed by atoms with Crippen molar-refractivity contribution < 1.29 is 18.0 Å². The fraction of sp³-hybridized carbons (Fsp3) is 0.312. The molecule has 1 aromatic heterocycles. The first-order valence-corrected chi connectivity index (χ1v) is 7.90. The highest BCUT2D eigenvalue weighted by atomic mass is 35.5. The lowest BCUT2D eigenvalue weighted by Gasteiger charge is -2.12. The van der Waals surface area contributed by atoms with E-state index in [-0.39, 0.29) is 16.4 Å². The molecule has 3 rings (SSSR count). The highest BCUT2D eigenvalue weighted by Gasteiger charge is 2.31. The molecule has 0 atom stereocenters. The summed E-state index contributed by atoms with van der Waals surface area (Å²) >= 11 is 5.89. The average Bonchev–Trinajstić information content (AvgIpc) is 3.31. The summed E-state index contributed by atoms with van der Waals surface area (Å²) in [6.07, 6.45) is -2.47. The van der Waals surface area contributed by atoms with Gasteiger partial charge in [-0.25, -0.2) is 9.97 Å². The van der Waals surface area contributed by atoms with Crippen molar-refractivity contribution in [3.8, 4) is 0 Å². The van der Waals surface area contributed by atoms with Crippen LogP contribution in [-0.4, -0.2) is 21.9 Å². The molecule has 1 aromatic carbocycles. The van der Waals surface area contributed by atoms with E-state index in [1.165, 1.54) is 6.07 Å². The summed E-state index contributed by atoms with van der Waals surface area (Å²) < 4.78 is 38.4. The van der Waals surface area contributed by atoms with Crippen LogP contribution in [0.5, 0.6) is 0 Å². The third kappa shape index (κ3) is 4.39. The van der Waals surface area contributed by atoms with Crippen molar-refractivity contribution in [3.05, 3.63) is 46.4 Å². The number of nitrogens with one attached hydrogen (secondary N) is 2. The molecule has 0 saturated heterocycles. The Labute approximate surface area is 146 Å². The molecule has 9 heteroatoms. The largest absolute Gasteiger partial charge is 0.416 e. The predicted molar refractivity (Wildman–Crippen MR) is 87.8 cm³/mol. The summed E-state index contributed by atoms with van der Waals surface area (Å²) in [5, 5.41) is 5.53. The molecule has 0 unspecified atom stereocenters. The van der Waals surface area contributed by atoms with E-state index in [4.69, 9.17) is 11.6 Å². The zero-order chi connectivity index (χ0) is 18.2. The van der Waals surface area contributed by atoms with Gasteiger partial charge in [0.05, 0.1) is 16.3 Å². The van der Waals surface area contributed by atoms with Gasteiger partial charge in [0, 0.05) is 12.1 Å².